The highest BCUT2D eigenvalue weighted by atomic mass is 16.3. The fraction of sp³-hybridized carbons (Fsp3) is 0.148. The van der Waals surface area contributed by atoms with Gasteiger partial charge < -0.3 is 9.73 Å². The molecule has 1 aliphatic rings. The number of nitrogens with one attached hydrogen (secondary N) is 1. The van der Waals surface area contributed by atoms with Crippen LogP contribution in [0.3, 0.4) is 0 Å². The predicted octanol–water partition coefficient (Wildman–Crippen LogP) is 4.71. The molecule has 6 rings (SSSR count). The van der Waals surface area contributed by atoms with Crippen LogP contribution in [-0.2, 0) is 0 Å². The van der Waals surface area contributed by atoms with Crippen LogP contribution in [0.15, 0.2) is 96.1 Å². The van der Waals surface area contributed by atoms with Crippen LogP contribution in [-0.4, -0.2) is 30.6 Å². The molecular weight excluding hydrogens is 440 g/mol. The molecule has 1 fully saturated rings. The molecule has 1 atom stereocenters. The molecule has 4 heterocycles. The van der Waals surface area contributed by atoms with E-state index in [1.54, 1.807) is 41.8 Å². The number of pyridine rings is 1. The van der Waals surface area contributed by atoms with Crippen molar-refractivity contribution >= 4 is 5.91 Å². The van der Waals surface area contributed by atoms with Crippen molar-refractivity contribution in [2.45, 2.75) is 24.8 Å². The summed E-state index contributed by atoms with van der Waals surface area (Å²) in [5.74, 6) is 1.11. The maximum atomic E-state index is 13.6. The van der Waals surface area contributed by atoms with Gasteiger partial charge in [0.1, 0.15) is 5.69 Å². The Balaban J connectivity index is 1.36. The van der Waals surface area contributed by atoms with Crippen LogP contribution in [0.5, 0.6) is 0 Å². The molecule has 0 aliphatic heterocycles. The van der Waals surface area contributed by atoms with Gasteiger partial charge in [-0.15, -0.1) is 0 Å². The second-order valence-electron chi connectivity index (χ2n) is 8.45. The lowest BCUT2D eigenvalue weighted by Gasteiger charge is -2.20. The van der Waals surface area contributed by atoms with E-state index >= 15 is 0 Å². The smallest absolute Gasteiger partial charge is 0.255 e. The molecule has 0 spiro atoms. The largest absolute Gasteiger partial charge is 0.463 e. The third-order valence-electron chi connectivity index (χ3n) is 6.07. The monoisotopic (exact) mass is 462 g/mol. The second-order valence-corrected chi connectivity index (χ2v) is 8.45. The van der Waals surface area contributed by atoms with Crippen LogP contribution >= 0.6 is 0 Å². The van der Waals surface area contributed by atoms with E-state index in [1.165, 1.54) is 0 Å². The quantitative estimate of drug-likeness (QED) is 0.376. The Kier molecular flexibility index (Phi) is 5.38. The van der Waals surface area contributed by atoms with Gasteiger partial charge in [-0.3, -0.25) is 9.78 Å². The lowest BCUT2D eigenvalue weighted by molar-refractivity contribution is 0.0942. The van der Waals surface area contributed by atoms with Crippen molar-refractivity contribution in [1.82, 2.24) is 30.0 Å². The van der Waals surface area contributed by atoms with Gasteiger partial charge in [-0.2, -0.15) is 5.10 Å². The van der Waals surface area contributed by atoms with Crippen molar-refractivity contribution in [3.05, 3.63) is 114 Å². The molecule has 172 valence electrons. The zero-order valence-corrected chi connectivity index (χ0v) is 18.8. The number of hydrogen-bond donors (Lipinski definition) is 1. The van der Waals surface area contributed by atoms with E-state index in [9.17, 15) is 4.79 Å². The van der Waals surface area contributed by atoms with Crippen molar-refractivity contribution in [2.24, 2.45) is 0 Å². The zero-order chi connectivity index (χ0) is 23.6. The van der Waals surface area contributed by atoms with Gasteiger partial charge in [0.05, 0.1) is 29.8 Å². The first-order chi connectivity index (χ1) is 17.3. The average molecular weight is 463 g/mol. The third kappa shape index (κ3) is 4.21. The lowest BCUT2D eigenvalue weighted by Crippen LogP contribution is -2.30. The van der Waals surface area contributed by atoms with Gasteiger partial charge in [-0.25, -0.2) is 14.6 Å². The van der Waals surface area contributed by atoms with Gasteiger partial charge in [0.15, 0.2) is 5.76 Å². The van der Waals surface area contributed by atoms with E-state index in [0.717, 1.165) is 29.7 Å². The molecule has 4 aromatic heterocycles. The minimum atomic E-state index is -0.319. The Hall–Kier alpha value is -4.59. The highest BCUT2D eigenvalue weighted by Gasteiger charge is 2.34. The molecule has 1 amide bonds. The highest BCUT2D eigenvalue weighted by Crippen LogP contribution is 2.42. The summed E-state index contributed by atoms with van der Waals surface area (Å²) in [5, 5.41) is 7.75. The Labute approximate surface area is 201 Å². The van der Waals surface area contributed by atoms with Gasteiger partial charge in [0.2, 0.25) is 0 Å². The first-order valence-electron chi connectivity index (χ1n) is 11.5. The molecule has 1 aromatic carbocycles. The van der Waals surface area contributed by atoms with Gasteiger partial charge >= 0.3 is 0 Å². The second kappa shape index (κ2) is 8.98. The Morgan fingerprint density at radius 3 is 2.51 bits per heavy atom. The van der Waals surface area contributed by atoms with Crippen LogP contribution < -0.4 is 5.32 Å². The van der Waals surface area contributed by atoms with E-state index in [2.05, 4.69) is 25.4 Å². The first kappa shape index (κ1) is 21.0. The van der Waals surface area contributed by atoms with E-state index in [1.807, 2.05) is 54.6 Å². The van der Waals surface area contributed by atoms with Gasteiger partial charge in [0, 0.05) is 24.5 Å². The van der Waals surface area contributed by atoms with Crippen molar-refractivity contribution in [1.29, 1.82) is 0 Å². The van der Waals surface area contributed by atoms with E-state index in [0.29, 0.717) is 23.0 Å². The Morgan fingerprint density at radius 1 is 0.971 bits per heavy atom. The maximum absolute atomic E-state index is 13.6. The summed E-state index contributed by atoms with van der Waals surface area (Å²) in [6, 6.07) is 18.9. The van der Waals surface area contributed by atoms with Crippen molar-refractivity contribution in [2.75, 3.05) is 0 Å². The van der Waals surface area contributed by atoms with Crippen LogP contribution in [0.4, 0.5) is 0 Å². The molecule has 1 saturated carbocycles. The molecular formula is C27H22N6O2. The standard InChI is InChI=1S/C27H22N6O2/c34-26(32-24(18-5-2-1-3-6-18)19-10-13-28-14-11-19)21-17-30-33(25(21)20-8-9-20)27-29-15-12-22(31-27)23-7-4-16-35-23/h1-7,10-17,20,24H,8-9H2,(H,32,34)/t24-/m0/s1. The minimum absolute atomic E-state index is 0.189. The number of aromatic nitrogens is 5. The third-order valence-corrected chi connectivity index (χ3v) is 6.07. The molecule has 0 saturated heterocycles. The summed E-state index contributed by atoms with van der Waals surface area (Å²) in [7, 11) is 0. The fourth-order valence-electron chi connectivity index (χ4n) is 4.22. The average Bonchev–Trinajstić information content (AvgIpc) is 3.41. The summed E-state index contributed by atoms with van der Waals surface area (Å²) >= 11 is 0. The predicted molar refractivity (Wildman–Crippen MR) is 129 cm³/mol. The molecule has 0 unspecified atom stereocenters. The van der Waals surface area contributed by atoms with Crippen LogP contribution in [0.1, 0.15) is 52.0 Å². The SMILES string of the molecule is O=C(N[C@@H](c1ccccc1)c1ccncc1)c1cnn(-c2nccc(-c3ccco3)n2)c1C1CC1. The van der Waals surface area contributed by atoms with Crippen LogP contribution in [0.25, 0.3) is 17.4 Å². The Bertz CT molecular complexity index is 1400. The zero-order valence-electron chi connectivity index (χ0n) is 18.8. The van der Waals surface area contributed by atoms with Crippen LogP contribution in [0, 0.1) is 0 Å². The number of rotatable bonds is 7. The fourth-order valence-corrected chi connectivity index (χ4v) is 4.22. The highest BCUT2D eigenvalue weighted by molar-refractivity contribution is 5.96. The van der Waals surface area contributed by atoms with Gasteiger partial charge in [-0.05, 0) is 54.3 Å². The minimum Gasteiger partial charge on any atom is -0.463 e. The molecule has 1 N–H and O–H groups in total. The normalized spacial score (nSPS) is 13.9. The summed E-state index contributed by atoms with van der Waals surface area (Å²) in [6.07, 6.45) is 10.3. The van der Waals surface area contributed by atoms with Crippen LogP contribution in [0.2, 0.25) is 0 Å². The maximum Gasteiger partial charge on any atom is 0.255 e. The molecule has 5 aromatic rings. The summed E-state index contributed by atoms with van der Waals surface area (Å²) in [5.41, 5.74) is 3.97. The molecule has 0 radical (unpaired) electrons. The number of hydrogen-bond acceptors (Lipinski definition) is 6. The number of carbonyl (C=O) groups excluding carboxylic acids is 1. The molecule has 1 aliphatic carbocycles. The number of amides is 1. The summed E-state index contributed by atoms with van der Waals surface area (Å²) in [6.45, 7) is 0. The molecule has 8 nitrogen and oxygen atoms in total. The number of benzene rings is 1. The molecule has 8 heteroatoms. The number of carbonyl (C=O) groups is 1. The van der Waals surface area contributed by atoms with E-state index < -0.39 is 0 Å². The molecule has 0 bridgehead atoms. The summed E-state index contributed by atoms with van der Waals surface area (Å²) in [4.78, 5) is 26.8. The van der Waals surface area contributed by atoms with Crippen molar-refractivity contribution in [3.8, 4) is 17.4 Å². The van der Waals surface area contributed by atoms with E-state index in [-0.39, 0.29) is 17.9 Å². The molecule has 35 heavy (non-hydrogen) atoms. The van der Waals surface area contributed by atoms with Crippen molar-refractivity contribution in [3.63, 3.8) is 0 Å². The Morgan fingerprint density at radius 2 is 1.77 bits per heavy atom. The summed E-state index contributed by atoms with van der Waals surface area (Å²) < 4.78 is 7.17. The van der Waals surface area contributed by atoms with Crippen molar-refractivity contribution < 1.29 is 9.21 Å². The number of nitrogens with zero attached hydrogens (tertiary/aromatic N) is 5. The van der Waals surface area contributed by atoms with Gasteiger partial charge in [0.25, 0.3) is 11.9 Å². The van der Waals surface area contributed by atoms with E-state index in [4.69, 9.17) is 4.42 Å². The topological polar surface area (TPSA) is 98.7 Å². The van der Waals surface area contributed by atoms with Gasteiger partial charge in [-0.1, -0.05) is 30.3 Å². The number of furan rings is 1. The lowest BCUT2D eigenvalue weighted by atomic mass is 9.99. The first-order valence-corrected chi connectivity index (χ1v) is 11.5.